The summed E-state index contributed by atoms with van der Waals surface area (Å²) in [4.78, 5) is 14.7. The summed E-state index contributed by atoms with van der Waals surface area (Å²) in [5.74, 6) is 0.569. The van der Waals surface area contributed by atoms with Gasteiger partial charge in [0.2, 0.25) is 0 Å². The maximum absolute atomic E-state index is 12.4. The number of carbonyl (C=O) groups excluding carboxylic acids is 1. The Morgan fingerprint density at radius 1 is 1.29 bits per heavy atom. The highest BCUT2D eigenvalue weighted by atomic mass is 79.9. The quantitative estimate of drug-likeness (QED) is 0.696. The third-order valence-corrected chi connectivity index (χ3v) is 5.12. The first-order chi connectivity index (χ1) is 13.5. The molecule has 1 amide bonds. The van der Waals surface area contributed by atoms with Gasteiger partial charge in [0.15, 0.2) is 18.1 Å². The van der Waals surface area contributed by atoms with Gasteiger partial charge in [-0.05, 0) is 60.0 Å². The van der Waals surface area contributed by atoms with Gasteiger partial charge >= 0.3 is 0 Å². The zero-order chi connectivity index (χ0) is 20.1. The van der Waals surface area contributed by atoms with Crippen LogP contribution in [0.1, 0.15) is 25.0 Å². The molecule has 1 heterocycles. The number of likely N-dealkylation sites (N-methyl/N-ethyl adjacent to an activating group) is 1. The number of halogens is 1. The van der Waals surface area contributed by atoms with Crippen LogP contribution in [0.4, 0.5) is 11.4 Å². The summed E-state index contributed by atoms with van der Waals surface area (Å²) >= 11 is 3.38. The van der Waals surface area contributed by atoms with Crippen LogP contribution in [0.3, 0.4) is 0 Å². The normalized spacial score (nSPS) is 12.3. The van der Waals surface area contributed by atoms with E-state index in [1.807, 2.05) is 19.1 Å². The van der Waals surface area contributed by atoms with E-state index < -0.39 is 0 Å². The molecule has 7 heteroatoms. The predicted molar refractivity (Wildman–Crippen MR) is 112 cm³/mol. The molecule has 0 radical (unpaired) electrons. The summed E-state index contributed by atoms with van der Waals surface area (Å²) in [6.45, 7) is 6.18. The first kappa shape index (κ1) is 20.0. The Morgan fingerprint density at radius 2 is 2.11 bits per heavy atom. The van der Waals surface area contributed by atoms with Crippen molar-refractivity contribution in [1.82, 2.24) is 0 Å². The molecule has 0 bridgehead atoms. The van der Waals surface area contributed by atoms with Gasteiger partial charge in [0.05, 0.1) is 22.7 Å². The molecule has 28 heavy (non-hydrogen) atoms. The van der Waals surface area contributed by atoms with E-state index in [0.29, 0.717) is 28.1 Å². The van der Waals surface area contributed by atoms with Crippen molar-refractivity contribution >= 4 is 33.2 Å². The van der Waals surface area contributed by atoms with Crippen molar-refractivity contribution in [3.05, 3.63) is 45.9 Å². The molecule has 0 unspecified atom stereocenters. The van der Waals surface area contributed by atoms with Gasteiger partial charge in [-0.15, -0.1) is 0 Å². The van der Waals surface area contributed by atoms with E-state index in [-0.39, 0.29) is 12.5 Å². The molecule has 6 nitrogen and oxygen atoms in total. The third-order valence-electron chi connectivity index (χ3n) is 4.53. The molecule has 0 saturated heterocycles. The zero-order valence-electron chi connectivity index (χ0n) is 15.9. The number of nitriles is 1. The van der Waals surface area contributed by atoms with Crippen molar-refractivity contribution < 1.29 is 14.3 Å². The van der Waals surface area contributed by atoms with Gasteiger partial charge in [-0.3, -0.25) is 4.79 Å². The molecule has 1 N–H and O–H groups in total. The Labute approximate surface area is 173 Å². The molecule has 1 aliphatic heterocycles. The number of amides is 1. The average molecular weight is 444 g/mol. The van der Waals surface area contributed by atoms with Crippen LogP contribution in [0.25, 0.3) is 0 Å². The number of nitrogens with one attached hydrogen (secondary N) is 1. The van der Waals surface area contributed by atoms with Crippen LogP contribution in [0.5, 0.6) is 11.5 Å². The van der Waals surface area contributed by atoms with Crippen LogP contribution in [-0.2, 0) is 11.2 Å². The number of rotatable bonds is 7. The summed E-state index contributed by atoms with van der Waals surface area (Å²) in [6, 6.07) is 11.3. The Kier molecular flexibility index (Phi) is 6.42. The standard InChI is InChI=1S/C21H22BrN3O3/c1-3-25-8-7-15-5-6-16(11-18(15)25)24-20(26)13-28-21-17(22)9-14(12-23)10-19(21)27-4-2/h5-6,9-11H,3-4,7-8,13H2,1-2H3,(H,24,26). The summed E-state index contributed by atoms with van der Waals surface area (Å²) in [6.07, 6.45) is 1.04. The van der Waals surface area contributed by atoms with Gasteiger partial charge < -0.3 is 19.7 Å². The van der Waals surface area contributed by atoms with Crippen molar-refractivity contribution in [3.63, 3.8) is 0 Å². The van der Waals surface area contributed by atoms with Gasteiger partial charge in [-0.25, -0.2) is 0 Å². The Balaban J connectivity index is 1.68. The smallest absolute Gasteiger partial charge is 0.262 e. The zero-order valence-corrected chi connectivity index (χ0v) is 17.5. The lowest BCUT2D eigenvalue weighted by Gasteiger charge is -2.17. The molecule has 0 spiro atoms. The van der Waals surface area contributed by atoms with E-state index in [0.717, 1.165) is 25.2 Å². The monoisotopic (exact) mass is 443 g/mol. The first-order valence-electron chi connectivity index (χ1n) is 9.22. The number of hydrogen-bond donors (Lipinski definition) is 1. The molecule has 0 saturated carbocycles. The lowest BCUT2D eigenvalue weighted by atomic mass is 10.1. The Hall–Kier alpha value is -2.72. The highest BCUT2D eigenvalue weighted by Crippen LogP contribution is 2.37. The minimum Gasteiger partial charge on any atom is -0.490 e. The van der Waals surface area contributed by atoms with Gasteiger partial charge in [-0.1, -0.05) is 6.07 Å². The molecule has 0 fully saturated rings. The summed E-state index contributed by atoms with van der Waals surface area (Å²) in [7, 11) is 0. The minimum absolute atomic E-state index is 0.168. The number of carbonyl (C=O) groups is 1. The minimum atomic E-state index is -0.264. The molecule has 2 aromatic rings. The summed E-state index contributed by atoms with van der Waals surface area (Å²) in [5, 5.41) is 12.0. The lowest BCUT2D eigenvalue weighted by molar-refractivity contribution is -0.118. The van der Waals surface area contributed by atoms with E-state index in [1.54, 1.807) is 12.1 Å². The molecule has 0 aliphatic carbocycles. The van der Waals surface area contributed by atoms with E-state index >= 15 is 0 Å². The van der Waals surface area contributed by atoms with E-state index in [1.165, 1.54) is 11.3 Å². The van der Waals surface area contributed by atoms with Gasteiger partial charge in [0.1, 0.15) is 0 Å². The second kappa shape index (κ2) is 8.98. The van der Waals surface area contributed by atoms with Crippen LogP contribution in [0.2, 0.25) is 0 Å². The van der Waals surface area contributed by atoms with Crippen LogP contribution < -0.4 is 19.7 Å². The third kappa shape index (κ3) is 4.39. The Morgan fingerprint density at radius 3 is 2.82 bits per heavy atom. The fourth-order valence-corrected chi connectivity index (χ4v) is 3.78. The van der Waals surface area contributed by atoms with Crippen LogP contribution in [-0.4, -0.2) is 32.2 Å². The number of hydrogen-bond acceptors (Lipinski definition) is 5. The molecule has 1 aliphatic rings. The number of fused-ring (bicyclic) bond motifs is 1. The largest absolute Gasteiger partial charge is 0.490 e. The highest BCUT2D eigenvalue weighted by Gasteiger charge is 2.19. The second-order valence-electron chi connectivity index (χ2n) is 6.34. The molecule has 146 valence electrons. The van der Waals surface area contributed by atoms with Crippen molar-refractivity contribution in [2.45, 2.75) is 20.3 Å². The van der Waals surface area contributed by atoms with Gasteiger partial charge in [-0.2, -0.15) is 5.26 Å². The number of anilines is 2. The molecule has 0 aromatic heterocycles. The van der Waals surface area contributed by atoms with Gasteiger partial charge in [0, 0.05) is 30.5 Å². The summed E-state index contributed by atoms with van der Waals surface area (Å²) < 4.78 is 11.8. The second-order valence-corrected chi connectivity index (χ2v) is 7.19. The fourth-order valence-electron chi connectivity index (χ4n) is 3.22. The number of ether oxygens (including phenoxy) is 2. The van der Waals surface area contributed by atoms with Crippen molar-refractivity contribution in [2.24, 2.45) is 0 Å². The first-order valence-corrected chi connectivity index (χ1v) is 10.0. The number of nitrogens with zero attached hydrogens (tertiary/aromatic N) is 2. The predicted octanol–water partition coefficient (Wildman–Crippen LogP) is 4.12. The number of benzene rings is 2. The topological polar surface area (TPSA) is 74.6 Å². The molecule has 3 rings (SSSR count). The van der Waals surface area contributed by atoms with Crippen LogP contribution in [0, 0.1) is 11.3 Å². The lowest BCUT2D eigenvalue weighted by Crippen LogP contribution is -2.21. The molecular formula is C21H22BrN3O3. The van der Waals surface area contributed by atoms with Crippen LogP contribution >= 0.6 is 15.9 Å². The fraction of sp³-hybridized carbons (Fsp3) is 0.333. The van der Waals surface area contributed by atoms with Gasteiger partial charge in [0.25, 0.3) is 5.91 Å². The highest BCUT2D eigenvalue weighted by molar-refractivity contribution is 9.10. The van der Waals surface area contributed by atoms with Crippen molar-refractivity contribution in [2.75, 3.05) is 36.5 Å². The van der Waals surface area contributed by atoms with Crippen molar-refractivity contribution in [3.8, 4) is 17.6 Å². The van der Waals surface area contributed by atoms with E-state index in [2.05, 4.69) is 45.2 Å². The maximum atomic E-state index is 12.4. The SMILES string of the molecule is CCOc1cc(C#N)cc(Br)c1OCC(=O)Nc1ccc2c(c1)N(CC)CC2. The summed E-state index contributed by atoms with van der Waals surface area (Å²) in [5.41, 5.74) is 3.68. The maximum Gasteiger partial charge on any atom is 0.262 e. The van der Waals surface area contributed by atoms with E-state index in [4.69, 9.17) is 14.7 Å². The Bertz CT molecular complexity index is 924. The van der Waals surface area contributed by atoms with E-state index in [9.17, 15) is 4.79 Å². The molecule has 0 atom stereocenters. The van der Waals surface area contributed by atoms with Crippen LogP contribution in [0.15, 0.2) is 34.8 Å². The van der Waals surface area contributed by atoms with Crippen molar-refractivity contribution in [1.29, 1.82) is 5.26 Å². The molecule has 2 aromatic carbocycles. The average Bonchev–Trinajstić information content (AvgIpc) is 3.09. The molecular weight excluding hydrogens is 422 g/mol.